The van der Waals surface area contributed by atoms with Gasteiger partial charge in [0.2, 0.25) is 0 Å². The summed E-state index contributed by atoms with van der Waals surface area (Å²) in [5.74, 6) is -0.293. The Hall–Kier alpha value is -2.76. The van der Waals surface area contributed by atoms with Crippen LogP contribution in [0, 0.1) is 19.3 Å². The predicted molar refractivity (Wildman–Crippen MR) is 100 cm³/mol. The Morgan fingerprint density at radius 2 is 1.81 bits per heavy atom. The number of rotatable bonds is 7. The minimum Gasteiger partial charge on any atom is -0.497 e. The molecule has 2 N–H and O–H groups in total. The fourth-order valence-electron chi connectivity index (χ4n) is 2.81. The Balaban J connectivity index is 2.15. The molecular weight excluding hydrogens is 332 g/mol. The van der Waals surface area contributed by atoms with E-state index in [4.69, 9.17) is 9.84 Å². The van der Waals surface area contributed by atoms with Crippen molar-refractivity contribution >= 4 is 11.9 Å². The van der Waals surface area contributed by atoms with E-state index >= 15 is 0 Å². The van der Waals surface area contributed by atoms with Crippen LogP contribution in [0.4, 0.5) is 0 Å². The number of hydrogen-bond acceptors (Lipinski definition) is 3. The first kappa shape index (κ1) is 19.6. The molecule has 1 amide bonds. The van der Waals surface area contributed by atoms with Crippen molar-refractivity contribution in [3.8, 4) is 11.4 Å². The first-order valence-electron chi connectivity index (χ1n) is 8.52. The van der Waals surface area contributed by atoms with Crippen LogP contribution >= 0.6 is 0 Å². The Bertz CT molecular complexity index is 804. The van der Waals surface area contributed by atoms with Crippen molar-refractivity contribution in [2.75, 3.05) is 13.7 Å². The van der Waals surface area contributed by atoms with Gasteiger partial charge in [0.1, 0.15) is 5.75 Å². The summed E-state index contributed by atoms with van der Waals surface area (Å²) in [6.45, 7) is 7.45. The van der Waals surface area contributed by atoms with Gasteiger partial charge in [-0.15, -0.1) is 0 Å². The molecule has 0 saturated heterocycles. The molecule has 0 saturated carbocycles. The maximum absolute atomic E-state index is 12.5. The van der Waals surface area contributed by atoms with Crippen molar-refractivity contribution in [2.45, 2.75) is 34.1 Å². The zero-order valence-electron chi connectivity index (χ0n) is 15.9. The van der Waals surface area contributed by atoms with Crippen molar-refractivity contribution in [3.05, 3.63) is 47.3 Å². The Morgan fingerprint density at radius 1 is 1.19 bits per heavy atom. The molecular formula is C20H26N2O4. The molecule has 140 valence electrons. The van der Waals surface area contributed by atoms with Crippen LogP contribution in [0.15, 0.2) is 30.3 Å². The second-order valence-corrected chi connectivity index (χ2v) is 7.01. The lowest BCUT2D eigenvalue weighted by Gasteiger charge is -2.18. The molecule has 1 aromatic heterocycles. The molecule has 1 heterocycles. The van der Waals surface area contributed by atoms with Crippen LogP contribution < -0.4 is 10.1 Å². The summed E-state index contributed by atoms with van der Waals surface area (Å²) in [5.41, 5.74) is 2.46. The fraction of sp³-hybridized carbons (Fsp3) is 0.400. The Labute approximate surface area is 153 Å². The topological polar surface area (TPSA) is 80.6 Å². The fourth-order valence-corrected chi connectivity index (χ4v) is 2.81. The van der Waals surface area contributed by atoms with Crippen molar-refractivity contribution in [1.29, 1.82) is 0 Å². The van der Waals surface area contributed by atoms with Gasteiger partial charge >= 0.3 is 5.97 Å². The Kier molecular flexibility index (Phi) is 5.75. The molecule has 0 aliphatic rings. The lowest BCUT2D eigenvalue weighted by molar-refractivity contribution is -0.147. The molecule has 0 aliphatic carbocycles. The van der Waals surface area contributed by atoms with E-state index in [2.05, 4.69) is 5.32 Å². The first-order valence-corrected chi connectivity index (χ1v) is 8.52. The number of nitrogens with one attached hydrogen (secondary N) is 1. The second kappa shape index (κ2) is 7.64. The standard InChI is InChI=1S/C20H26N2O4/c1-13-12-17(18(23)21-11-10-20(3,4)19(24)25)14(2)22(13)15-6-8-16(26-5)9-7-15/h6-9,12H,10-11H2,1-5H3,(H,21,23)(H,24,25). The second-order valence-electron chi connectivity index (χ2n) is 7.01. The zero-order chi connectivity index (χ0) is 19.5. The summed E-state index contributed by atoms with van der Waals surface area (Å²) in [4.78, 5) is 23.7. The molecule has 0 bridgehead atoms. The van der Waals surface area contributed by atoms with Crippen LogP contribution in [0.25, 0.3) is 5.69 Å². The van der Waals surface area contributed by atoms with E-state index < -0.39 is 11.4 Å². The number of carboxylic acids is 1. The number of methoxy groups -OCH3 is 1. The Morgan fingerprint density at radius 3 is 2.35 bits per heavy atom. The summed E-state index contributed by atoms with van der Waals surface area (Å²) in [6.07, 6.45) is 0.366. The number of hydrogen-bond donors (Lipinski definition) is 2. The van der Waals surface area contributed by atoms with Crippen LogP contribution in [0.1, 0.15) is 42.0 Å². The monoisotopic (exact) mass is 358 g/mol. The third kappa shape index (κ3) is 4.07. The highest BCUT2D eigenvalue weighted by molar-refractivity contribution is 5.96. The number of carboxylic acid groups (broad SMARTS) is 1. The minimum atomic E-state index is -0.871. The summed E-state index contributed by atoms with van der Waals surface area (Å²) in [6, 6.07) is 9.48. The number of ether oxygens (including phenoxy) is 1. The molecule has 0 spiro atoms. The molecule has 6 nitrogen and oxygen atoms in total. The van der Waals surface area contributed by atoms with Crippen LogP contribution in [0.2, 0.25) is 0 Å². The molecule has 2 rings (SSSR count). The van der Waals surface area contributed by atoms with Gasteiger partial charge in [-0.3, -0.25) is 9.59 Å². The maximum Gasteiger partial charge on any atom is 0.309 e. The number of carbonyl (C=O) groups is 2. The number of aliphatic carboxylic acids is 1. The van der Waals surface area contributed by atoms with E-state index in [9.17, 15) is 9.59 Å². The number of amides is 1. The number of benzene rings is 1. The zero-order valence-corrected chi connectivity index (χ0v) is 15.9. The van der Waals surface area contributed by atoms with Gasteiger partial charge in [0.05, 0.1) is 18.1 Å². The van der Waals surface area contributed by atoms with Gasteiger partial charge in [-0.25, -0.2) is 0 Å². The van der Waals surface area contributed by atoms with E-state index in [0.717, 1.165) is 22.8 Å². The normalized spacial score (nSPS) is 11.3. The van der Waals surface area contributed by atoms with Gasteiger partial charge in [0.15, 0.2) is 0 Å². The highest BCUT2D eigenvalue weighted by atomic mass is 16.5. The van der Waals surface area contributed by atoms with Gasteiger partial charge in [-0.05, 0) is 64.4 Å². The predicted octanol–water partition coefficient (Wildman–Crippen LogP) is 3.33. The van der Waals surface area contributed by atoms with E-state index in [1.54, 1.807) is 21.0 Å². The quantitative estimate of drug-likeness (QED) is 0.795. The van der Waals surface area contributed by atoms with Crippen molar-refractivity contribution in [2.24, 2.45) is 5.41 Å². The third-order valence-electron chi connectivity index (χ3n) is 4.62. The van der Waals surface area contributed by atoms with Crippen LogP contribution in [0.3, 0.4) is 0 Å². The molecule has 1 aromatic carbocycles. The number of carbonyl (C=O) groups excluding carboxylic acids is 1. The van der Waals surface area contributed by atoms with Crippen molar-refractivity contribution in [3.63, 3.8) is 0 Å². The summed E-state index contributed by atoms with van der Waals surface area (Å²) >= 11 is 0. The van der Waals surface area contributed by atoms with Gasteiger partial charge in [0, 0.05) is 23.6 Å². The number of aromatic nitrogens is 1. The van der Waals surface area contributed by atoms with E-state index in [1.807, 2.05) is 48.7 Å². The minimum absolute atomic E-state index is 0.195. The van der Waals surface area contributed by atoms with Crippen molar-refractivity contribution < 1.29 is 19.4 Å². The highest BCUT2D eigenvalue weighted by Gasteiger charge is 2.27. The molecule has 0 unspecified atom stereocenters. The van der Waals surface area contributed by atoms with Crippen LogP contribution in [-0.4, -0.2) is 35.2 Å². The van der Waals surface area contributed by atoms with Crippen LogP contribution in [-0.2, 0) is 4.79 Å². The van der Waals surface area contributed by atoms with Gasteiger partial charge in [0.25, 0.3) is 5.91 Å². The number of aryl methyl sites for hydroxylation is 1. The average molecular weight is 358 g/mol. The van der Waals surface area contributed by atoms with Crippen LogP contribution in [0.5, 0.6) is 5.75 Å². The summed E-state index contributed by atoms with van der Waals surface area (Å²) < 4.78 is 7.19. The number of nitrogens with zero attached hydrogens (tertiary/aromatic N) is 1. The summed E-state index contributed by atoms with van der Waals surface area (Å²) in [5, 5.41) is 12.0. The molecule has 0 atom stereocenters. The van der Waals surface area contributed by atoms with Gasteiger partial charge in [-0.1, -0.05) is 0 Å². The van der Waals surface area contributed by atoms with Gasteiger partial charge in [-0.2, -0.15) is 0 Å². The van der Waals surface area contributed by atoms with E-state index in [1.165, 1.54) is 0 Å². The molecule has 26 heavy (non-hydrogen) atoms. The smallest absolute Gasteiger partial charge is 0.309 e. The molecule has 2 aromatic rings. The summed E-state index contributed by atoms with van der Waals surface area (Å²) in [7, 11) is 1.62. The average Bonchev–Trinajstić information content (AvgIpc) is 2.89. The molecule has 0 radical (unpaired) electrons. The molecule has 6 heteroatoms. The van der Waals surface area contributed by atoms with E-state index in [-0.39, 0.29) is 5.91 Å². The lowest BCUT2D eigenvalue weighted by Crippen LogP contribution is -2.32. The lowest BCUT2D eigenvalue weighted by atomic mass is 9.90. The SMILES string of the molecule is COc1ccc(-n2c(C)cc(C(=O)NCCC(C)(C)C(=O)O)c2C)cc1. The van der Waals surface area contributed by atoms with Gasteiger partial charge < -0.3 is 19.7 Å². The maximum atomic E-state index is 12.5. The largest absolute Gasteiger partial charge is 0.497 e. The molecule has 0 fully saturated rings. The van der Waals surface area contributed by atoms with Crippen molar-refractivity contribution in [1.82, 2.24) is 9.88 Å². The highest BCUT2D eigenvalue weighted by Crippen LogP contribution is 2.23. The van der Waals surface area contributed by atoms with E-state index in [0.29, 0.717) is 18.5 Å². The first-order chi connectivity index (χ1) is 12.2. The third-order valence-corrected chi connectivity index (χ3v) is 4.62. The molecule has 0 aliphatic heterocycles.